The largest absolute Gasteiger partial charge is 0.364 e. The van der Waals surface area contributed by atoms with Crippen LogP contribution >= 0.6 is 22.9 Å². The molecular weight excluding hydrogens is 285 g/mol. The number of halogens is 2. The third-order valence-corrected chi connectivity index (χ3v) is 4.03. The van der Waals surface area contributed by atoms with Gasteiger partial charge in [-0.05, 0) is 43.3 Å². The number of thiophene rings is 1. The molecule has 1 aromatic heterocycles. The van der Waals surface area contributed by atoms with Gasteiger partial charge in [0.2, 0.25) is 0 Å². The second kappa shape index (κ2) is 6.17. The molecule has 1 aromatic carbocycles. The van der Waals surface area contributed by atoms with Crippen molar-refractivity contribution in [3.8, 4) is 0 Å². The highest BCUT2D eigenvalue weighted by molar-refractivity contribution is 7.18. The van der Waals surface area contributed by atoms with E-state index in [1.54, 1.807) is 24.3 Å². The van der Waals surface area contributed by atoms with E-state index in [1.807, 2.05) is 11.8 Å². The van der Waals surface area contributed by atoms with Crippen molar-refractivity contribution in [2.24, 2.45) is 0 Å². The van der Waals surface area contributed by atoms with Crippen LogP contribution in [0.15, 0.2) is 36.4 Å². The normalized spacial score (nSPS) is 10.5. The van der Waals surface area contributed by atoms with E-state index in [0.29, 0.717) is 15.8 Å². The molecule has 5 heteroatoms. The number of benzene rings is 1. The molecule has 0 amide bonds. The highest BCUT2D eigenvalue weighted by Gasteiger charge is 2.13. The van der Waals surface area contributed by atoms with Crippen LogP contribution in [0.2, 0.25) is 4.34 Å². The van der Waals surface area contributed by atoms with Gasteiger partial charge < -0.3 is 4.90 Å². The molecule has 0 unspecified atom stereocenters. The molecule has 0 spiro atoms. The van der Waals surface area contributed by atoms with Gasteiger partial charge in [0.1, 0.15) is 5.82 Å². The van der Waals surface area contributed by atoms with Crippen molar-refractivity contribution in [1.29, 1.82) is 0 Å². The molecule has 0 saturated carbocycles. The molecule has 2 rings (SSSR count). The van der Waals surface area contributed by atoms with Gasteiger partial charge in [0.05, 0.1) is 15.8 Å². The topological polar surface area (TPSA) is 20.3 Å². The molecule has 0 aliphatic heterocycles. The van der Waals surface area contributed by atoms with Gasteiger partial charge in [-0.2, -0.15) is 0 Å². The first-order chi connectivity index (χ1) is 9.10. The van der Waals surface area contributed by atoms with E-state index in [0.717, 1.165) is 5.69 Å². The summed E-state index contributed by atoms with van der Waals surface area (Å²) in [6.45, 7) is 2.90. The highest BCUT2D eigenvalue weighted by Crippen LogP contribution is 2.23. The van der Waals surface area contributed by atoms with Crippen molar-refractivity contribution in [2.45, 2.75) is 6.92 Å². The fourth-order valence-electron chi connectivity index (χ4n) is 1.75. The number of hydrogen-bond donors (Lipinski definition) is 0. The number of anilines is 1. The quantitative estimate of drug-likeness (QED) is 0.769. The Morgan fingerprint density at radius 3 is 2.47 bits per heavy atom. The van der Waals surface area contributed by atoms with Crippen molar-refractivity contribution in [1.82, 2.24) is 0 Å². The fourth-order valence-corrected chi connectivity index (χ4v) is 2.73. The van der Waals surface area contributed by atoms with E-state index in [1.165, 1.54) is 23.5 Å². The minimum atomic E-state index is -0.281. The molecule has 1 heterocycles. The standard InChI is InChI=1S/C14H13ClFNOS/c1-2-17(11-5-3-10(16)4-6-11)9-12(18)13-7-8-14(15)19-13/h3-8H,2,9H2,1H3. The lowest BCUT2D eigenvalue weighted by atomic mass is 10.2. The Balaban J connectivity index is 2.11. The number of Topliss-reactive ketones (excluding diaryl/α,β-unsaturated/α-hetero) is 1. The lowest BCUT2D eigenvalue weighted by Crippen LogP contribution is -2.29. The van der Waals surface area contributed by atoms with Crippen molar-refractivity contribution in [2.75, 3.05) is 18.0 Å². The Morgan fingerprint density at radius 2 is 1.95 bits per heavy atom. The molecule has 19 heavy (non-hydrogen) atoms. The number of likely N-dealkylation sites (N-methyl/N-ethyl adjacent to an activating group) is 1. The van der Waals surface area contributed by atoms with Crippen LogP contribution < -0.4 is 4.90 Å². The SMILES string of the molecule is CCN(CC(=O)c1ccc(Cl)s1)c1ccc(F)cc1. The number of nitrogens with zero attached hydrogens (tertiary/aromatic N) is 1. The van der Waals surface area contributed by atoms with Crippen molar-refractivity contribution >= 4 is 34.4 Å². The zero-order valence-corrected chi connectivity index (χ0v) is 12.0. The van der Waals surface area contributed by atoms with Gasteiger partial charge in [-0.3, -0.25) is 4.79 Å². The molecule has 2 nitrogen and oxygen atoms in total. The molecule has 100 valence electrons. The van der Waals surface area contributed by atoms with Gasteiger partial charge in [-0.25, -0.2) is 4.39 Å². The van der Waals surface area contributed by atoms with Gasteiger partial charge in [-0.1, -0.05) is 11.6 Å². The Morgan fingerprint density at radius 1 is 1.26 bits per heavy atom. The van der Waals surface area contributed by atoms with Gasteiger partial charge in [0, 0.05) is 12.2 Å². The molecule has 0 bridgehead atoms. The predicted octanol–water partition coefficient (Wildman–Crippen LogP) is 4.25. The first-order valence-corrected chi connectivity index (χ1v) is 7.08. The van der Waals surface area contributed by atoms with Crippen molar-refractivity contribution in [3.63, 3.8) is 0 Å². The van der Waals surface area contributed by atoms with Crippen LogP contribution in [0.1, 0.15) is 16.6 Å². The lowest BCUT2D eigenvalue weighted by molar-refractivity contribution is 0.100. The van der Waals surface area contributed by atoms with Gasteiger partial charge >= 0.3 is 0 Å². The summed E-state index contributed by atoms with van der Waals surface area (Å²) in [4.78, 5) is 14.6. The lowest BCUT2D eigenvalue weighted by Gasteiger charge is -2.21. The summed E-state index contributed by atoms with van der Waals surface area (Å²) in [5.74, 6) is -0.265. The molecular formula is C14H13ClFNOS. The molecule has 0 aliphatic carbocycles. The number of hydrogen-bond acceptors (Lipinski definition) is 3. The molecule has 0 fully saturated rings. The zero-order valence-electron chi connectivity index (χ0n) is 10.4. The van der Waals surface area contributed by atoms with E-state index < -0.39 is 0 Å². The molecule has 0 radical (unpaired) electrons. The predicted molar refractivity (Wildman–Crippen MR) is 77.9 cm³/mol. The Hall–Kier alpha value is -1.39. The summed E-state index contributed by atoms with van der Waals surface area (Å²) < 4.78 is 13.5. The summed E-state index contributed by atoms with van der Waals surface area (Å²) in [5.41, 5.74) is 0.833. The van der Waals surface area contributed by atoms with Crippen molar-refractivity contribution < 1.29 is 9.18 Å². The number of carbonyl (C=O) groups is 1. The van der Waals surface area contributed by atoms with E-state index in [9.17, 15) is 9.18 Å². The van der Waals surface area contributed by atoms with Crippen LogP contribution in [0.4, 0.5) is 10.1 Å². The summed E-state index contributed by atoms with van der Waals surface area (Å²) in [7, 11) is 0. The maximum absolute atomic E-state index is 12.9. The molecule has 0 atom stereocenters. The average molecular weight is 298 g/mol. The van der Waals surface area contributed by atoms with Crippen LogP contribution in [-0.4, -0.2) is 18.9 Å². The molecule has 0 aliphatic rings. The monoisotopic (exact) mass is 297 g/mol. The molecule has 2 aromatic rings. The number of ketones is 1. The van der Waals surface area contributed by atoms with Gasteiger partial charge in [0.25, 0.3) is 0 Å². The summed E-state index contributed by atoms with van der Waals surface area (Å²) in [5, 5.41) is 0. The van der Waals surface area contributed by atoms with Crippen LogP contribution in [0, 0.1) is 5.82 Å². The van der Waals surface area contributed by atoms with Crippen LogP contribution in [0.3, 0.4) is 0 Å². The first kappa shape index (κ1) is 14.0. The maximum atomic E-state index is 12.9. The number of carbonyl (C=O) groups excluding carboxylic acids is 1. The average Bonchev–Trinajstić information content (AvgIpc) is 2.84. The third-order valence-electron chi connectivity index (χ3n) is 2.76. The van der Waals surface area contributed by atoms with Crippen LogP contribution in [0.5, 0.6) is 0 Å². The second-order valence-corrected chi connectivity index (χ2v) is 5.73. The Kier molecular flexibility index (Phi) is 4.56. The summed E-state index contributed by atoms with van der Waals surface area (Å²) in [6.07, 6.45) is 0. The minimum absolute atomic E-state index is 0.0167. The van der Waals surface area contributed by atoms with E-state index >= 15 is 0 Å². The fraction of sp³-hybridized carbons (Fsp3) is 0.214. The van der Waals surface area contributed by atoms with Gasteiger partial charge in [0.15, 0.2) is 5.78 Å². The third kappa shape index (κ3) is 3.55. The zero-order chi connectivity index (χ0) is 13.8. The Bertz CT molecular complexity index is 567. The van der Waals surface area contributed by atoms with E-state index in [2.05, 4.69) is 0 Å². The van der Waals surface area contributed by atoms with E-state index in [-0.39, 0.29) is 18.1 Å². The van der Waals surface area contributed by atoms with Crippen molar-refractivity contribution in [3.05, 3.63) is 51.4 Å². The van der Waals surface area contributed by atoms with Crippen LogP contribution in [0.25, 0.3) is 0 Å². The van der Waals surface area contributed by atoms with E-state index in [4.69, 9.17) is 11.6 Å². The Labute approximate surface area is 120 Å². The maximum Gasteiger partial charge on any atom is 0.192 e. The van der Waals surface area contributed by atoms with Crippen LogP contribution in [-0.2, 0) is 0 Å². The number of rotatable bonds is 5. The molecule has 0 N–H and O–H groups in total. The smallest absolute Gasteiger partial charge is 0.192 e. The minimum Gasteiger partial charge on any atom is -0.364 e. The summed E-state index contributed by atoms with van der Waals surface area (Å²) in [6, 6.07) is 9.58. The second-order valence-electron chi connectivity index (χ2n) is 4.02. The summed E-state index contributed by atoms with van der Waals surface area (Å²) >= 11 is 7.10. The highest BCUT2D eigenvalue weighted by atomic mass is 35.5. The van der Waals surface area contributed by atoms with Gasteiger partial charge in [-0.15, -0.1) is 11.3 Å². The molecule has 0 saturated heterocycles. The first-order valence-electron chi connectivity index (χ1n) is 5.89.